The van der Waals surface area contributed by atoms with Gasteiger partial charge in [-0.1, -0.05) is 23.2 Å². The fourth-order valence-corrected chi connectivity index (χ4v) is 3.35. The smallest absolute Gasteiger partial charge is 0.343 e. The van der Waals surface area contributed by atoms with Crippen molar-refractivity contribution in [3.8, 4) is 5.69 Å². The summed E-state index contributed by atoms with van der Waals surface area (Å²) in [5, 5.41) is 5.51. The van der Waals surface area contributed by atoms with Gasteiger partial charge in [-0.2, -0.15) is 5.10 Å². The standard InChI is InChI=1S/C18H12Cl2N4O3/c1-9-15(18(26)27-2)16-21-8-11-13(24(16)22-9)5-6-23(17(11)25)14-7-10(19)3-4-12(14)20/h3-8H,1-2H3. The van der Waals surface area contributed by atoms with Crippen molar-refractivity contribution in [3.05, 3.63) is 68.3 Å². The Kier molecular flexibility index (Phi) is 4.13. The van der Waals surface area contributed by atoms with Crippen LogP contribution in [0.3, 0.4) is 0 Å². The summed E-state index contributed by atoms with van der Waals surface area (Å²) >= 11 is 12.3. The van der Waals surface area contributed by atoms with Crippen molar-refractivity contribution < 1.29 is 9.53 Å². The SMILES string of the molecule is COC(=O)c1c(C)nn2c1ncc1c(=O)n(-c3cc(Cl)ccc3Cl)ccc12. The summed E-state index contributed by atoms with van der Waals surface area (Å²) in [6.45, 7) is 1.68. The molecule has 136 valence electrons. The summed E-state index contributed by atoms with van der Waals surface area (Å²) < 4.78 is 7.65. The lowest BCUT2D eigenvalue weighted by Crippen LogP contribution is -2.19. The molecule has 0 amide bonds. The minimum atomic E-state index is -0.534. The molecule has 9 heteroatoms. The number of esters is 1. The minimum Gasteiger partial charge on any atom is -0.465 e. The largest absolute Gasteiger partial charge is 0.465 e. The van der Waals surface area contributed by atoms with Crippen molar-refractivity contribution >= 4 is 45.7 Å². The number of halogens is 2. The van der Waals surface area contributed by atoms with Crippen molar-refractivity contribution in [2.45, 2.75) is 6.92 Å². The molecule has 4 rings (SSSR count). The molecule has 0 fully saturated rings. The summed E-state index contributed by atoms with van der Waals surface area (Å²) in [6.07, 6.45) is 2.99. The van der Waals surface area contributed by atoms with E-state index in [1.165, 1.54) is 22.4 Å². The maximum Gasteiger partial charge on any atom is 0.343 e. The van der Waals surface area contributed by atoms with E-state index < -0.39 is 5.97 Å². The van der Waals surface area contributed by atoms with Gasteiger partial charge in [0.2, 0.25) is 0 Å². The van der Waals surface area contributed by atoms with Crippen LogP contribution in [0, 0.1) is 6.92 Å². The van der Waals surface area contributed by atoms with Gasteiger partial charge in [-0.25, -0.2) is 14.3 Å². The molecule has 27 heavy (non-hydrogen) atoms. The topological polar surface area (TPSA) is 78.5 Å². The van der Waals surface area contributed by atoms with Crippen molar-refractivity contribution in [2.75, 3.05) is 7.11 Å². The summed E-state index contributed by atoms with van der Waals surface area (Å²) in [4.78, 5) is 29.3. The number of aryl methyl sites for hydroxylation is 1. The predicted octanol–water partition coefficient (Wildman–Crippen LogP) is 3.44. The lowest BCUT2D eigenvalue weighted by atomic mass is 10.2. The van der Waals surface area contributed by atoms with E-state index in [4.69, 9.17) is 27.9 Å². The van der Waals surface area contributed by atoms with Crippen LogP contribution in [-0.4, -0.2) is 32.2 Å². The molecule has 0 atom stereocenters. The van der Waals surface area contributed by atoms with Crippen molar-refractivity contribution in [3.63, 3.8) is 0 Å². The van der Waals surface area contributed by atoms with Gasteiger partial charge in [0.1, 0.15) is 5.56 Å². The van der Waals surface area contributed by atoms with Gasteiger partial charge in [0, 0.05) is 17.4 Å². The number of fused-ring (bicyclic) bond motifs is 3. The highest BCUT2D eigenvalue weighted by atomic mass is 35.5. The Hall–Kier alpha value is -2.90. The number of hydrogen-bond acceptors (Lipinski definition) is 5. The summed E-state index contributed by atoms with van der Waals surface area (Å²) in [6, 6.07) is 6.58. The Labute approximate surface area is 162 Å². The van der Waals surface area contributed by atoms with Gasteiger partial charge in [-0.15, -0.1) is 0 Å². The third kappa shape index (κ3) is 2.67. The Balaban J connectivity index is 2.03. The van der Waals surface area contributed by atoms with Crippen LogP contribution in [0.4, 0.5) is 0 Å². The Bertz CT molecular complexity index is 1290. The van der Waals surface area contributed by atoms with E-state index in [1.54, 1.807) is 37.4 Å². The van der Waals surface area contributed by atoms with E-state index in [-0.39, 0.29) is 11.1 Å². The van der Waals surface area contributed by atoms with E-state index in [0.717, 1.165) is 0 Å². The van der Waals surface area contributed by atoms with Gasteiger partial charge < -0.3 is 4.74 Å². The van der Waals surface area contributed by atoms with Crippen molar-refractivity contribution in [2.24, 2.45) is 0 Å². The number of carbonyl (C=O) groups excluding carboxylic acids is 1. The van der Waals surface area contributed by atoms with Crippen LogP contribution in [0.2, 0.25) is 10.0 Å². The molecule has 7 nitrogen and oxygen atoms in total. The van der Waals surface area contributed by atoms with E-state index >= 15 is 0 Å². The fourth-order valence-electron chi connectivity index (χ4n) is 2.98. The normalized spacial score (nSPS) is 11.3. The Morgan fingerprint density at radius 1 is 1.22 bits per heavy atom. The molecule has 0 aliphatic heterocycles. The van der Waals surface area contributed by atoms with Crippen LogP contribution in [-0.2, 0) is 4.74 Å². The number of carbonyl (C=O) groups is 1. The second-order valence-corrected chi connectivity index (χ2v) is 6.67. The number of rotatable bonds is 2. The predicted molar refractivity (Wildman–Crippen MR) is 102 cm³/mol. The molecule has 0 aliphatic rings. The van der Waals surface area contributed by atoms with Crippen LogP contribution < -0.4 is 5.56 Å². The third-order valence-corrected chi connectivity index (χ3v) is 4.80. The average Bonchev–Trinajstić information content (AvgIpc) is 3.00. The van der Waals surface area contributed by atoms with E-state index in [0.29, 0.717) is 38.0 Å². The van der Waals surface area contributed by atoms with Crippen LogP contribution in [0.5, 0.6) is 0 Å². The number of hydrogen-bond donors (Lipinski definition) is 0. The lowest BCUT2D eigenvalue weighted by Gasteiger charge is -2.10. The van der Waals surface area contributed by atoms with Gasteiger partial charge in [-0.05, 0) is 31.2 Å². The zero-order valence-corrected chi connectivity index (χ0v) is 15.7. The number of benzene rings is 1. The molecule has 0 radical (unpaired) electrons. The lowest BCUT2D eigenvalue weighted by molar-refractivity contribution is 0.0602. The molecule has 3 aromatic heterocycles. The molecule has 3 heterocycles. The molecule has 1 aromatic carbocycles. The first kappa shape index (κ1) is 17.5. The molecule has 0 saturated carbocycles. The van der Waals surface area contributed by atoms with E-state index in [1.807, 2.05) is 0 Å². The number of nitrogens with zero attached hydrogens (tertiary/aromatic N) is 4. The monoisotopic (exact) mass is 402 g/mol. The number of aromatic nitrogens is 4. The number of pyridine rings is 1. The van der Waals surface area contributed by atoms with Gasteiger partial charge in [-0.3, -0.25) is 9.36 Å². The van der Waals surface area contributed by atoms with Gasteiger partial charge >= 0.3 is 5.97 Å². The number of methoxy groups -OCH3 is 1. The molecule has 0 aliphatic carbocycles. The zero-order chi connectivity index (χ0) is 19.3. The van der Waals surface area contributed by atoms with Gasteiger partial charge in [0.15, 0.2) is 5.65 Å². The highest BCUT2D eigenvalue weighted by Gasteiger charge is 2.21. The van der Waals surface area contributed by atoms with E-state index in [9.17, 15) is 9.59 Å². The maximum absolute atomic E-state index is 13.0. The molecular weight excluding hydrogens is 391 g/mol. The van der Waals surface area contributed by atoms with Crippen molar-refractivity contribution in [1.29, 1.82) is 0 Å². The quantitative estimate of drug-likeness (QED) is 0.479. The second-order valence-electron chi connectivity index (χ2n) is 5.83. The highest BCUT2D eigenvalue weighted by Crippen LogP contribution is 2.24. The van der Waals surface area contributed by atoms with Crippen LogP contribution >= 0.6 is 23.2 Å². The molecule has 0 N–H and O–H groups in total. The highest BCUT2D eigenvalue weighted by molar-refractivity contribution is 6.34. The van der Waals surface area contributed by atoms with Crippen LogP contribution in [0.15, 0.2) is 41.5 Å². The third-order valence-electron chi connectivity index (χ3n) is 4.24. The molecule has 0 saturated heterocycles. The van der Waals surface area contributed by atoms with Crippen LogP contribution in [0.25, 0.3) is 22.2 Å². The second kappa shape index (κ2) is 6.37. The minimum absolute atomic E-state index is 0.265. The Morgan fingerprint density at radius 3 is 2.74 bits per heavy atom. The summed E-state index contributed by atoms with van der Waals surface area (Å²) in [7, 11) is 1.29. The van der Waals surface area contributed by atoms with Crippen molar-refractivity contribution in [1.82, 2.24) is 19.2 Å². The molecule has 0 unspecified atom stereocenters. The van der Waals surface area contributed by atoms with Gasteiger partial charge in [0.25, 0.3) is 5.56 Å². The molecule has 0 bridgehead atoms. The van der Waals surface area contributed by atoms with E-state index in [2.05, 4.69) is 10.1 Å². The van der Waals surface area contributed by atoms with Gasteiger partial charge in [0.05, 0.1) is 34.4 Å². The number of ether oxygens (including phenoxy) is 1. The summed E-state index contributed by atoms with van der Waals surface area (Å²) in [5.74, 6) is -0.534. The maximum atomic E-state index is 13.0. The zero-order valence-electron chi connectivity index (χ0n) is 14.2. The fraction of sp³-hybridized carbons (Fsp3) is 0.111. The molecular formula is C18H12Cl2N4O3. The Morgan fingerprint density at radius 2 is 2.00 bits per heavy atom. The summed E-state index contributed by atoms with van der Waals surface area (Å²) in [5.41, 5.74) is 1.69. The molecule has 4 aromatic rings. The average molecular weight is 403 g/mol. The van der Waals surface area contributed by atoms with Crippen LogP contribution in [0.1, 0.15) is 16.1 Å². The first-order valence-corrected chi connectivity index (χ1v) is 8.61. The first-order valence-electron chi connectivity index (χ1n) is 7.86. The first-order chi connectivity index (χ1) is 12.9. The molecule has 0 spiro atoms.